The summed E-state index contributed by atoms with van der Waals surface area (Å²) in [5.41, 5.74) is 8.79. The highest BCUT2D eigenvalue weighted by Gasteiger charge is 2.22. The molecule has 15 heavy (non-hydrogen) atoms. The molecule has 0 saturated heterocycles. The molecule has 1 heterocycles. The van der Waals surface area contributed by atoms with E-state index in [4.69, 9.17) is 22.1 Å². The first kappa shape index (κ1) is 11.9. The number of hydrogen-bond donors (Lipinski definition) is 2. The topological polar surface area (TPSA) is 99.1 Å². The average Bonchev–Trinajstić information content (AvgIpc) is 2.00. The van der Waals surface area contributed by atoms with Crippen molar-refractivity contribution in [3.63, 3.8) is 0 Å². The Labute approximate surface area is 88.5 Å². The van der Waals surface area contributed by atoms with Crippen LogP contribution < -0.4 is 11.5 Å². The van der Waals surface area contributed by atoms with Crippen LogP contribution >= 0.6 is 10.7 Å². The zero-order valence-electron chi connectivity index (χ0n) is 7.12. The molecule has 0 atom stereocenters. The molecule has 84 valence electrons. The Morgan fingerprint density at radius 2 is 1.87 bits per heavy atom. The van der Waals surface area contributed by atoms with Crippen LogP contribution in [0.2, 0.25) is 0 Å². The predicted octanol–water partition coefficient (Wildman–Crippen LogP) is 1.11. The van der Waals surface area contributed by atoms with Crippen molar-refractivity contribution in [1.29, 1.82) is 0 Å². The fourth-order valence-electron chi connectivity index (χ4n) is 0.912. The highest BCUT2D eigenvalue weighted by atomic mass is 35.7. The second kappa shape index (κ2) is 3.78. The van der Waals surface area contributed by atoms with Crippen molar-refractivity contribution < 1.29 is 17.2 Å². The smallest absolute Gasteiger partial charge is 0.282 e. The molecule has 0 aliphatic carbocycles. The molecule has 1 aromatic rings. The molecule has 5 nitrogen and oxygen atoms in total. The Hall–Kier alpha value is -1.15. The van der Waals surface area contributed by atoms with Crippen LogP contribution in [0.4, 0.5) is 20.2 Å². The van der Waals surface area contributed by atoms with E-state index in [9.17, 15) is 17.2 Å². The van der Waals surface area contributed by atoms with E-state index in [-0.39, 0.29) is 11.4 Å². The number of halogens is 3. The average molecular weight is 258 g/mol. The van der Waals surface area contributed by atoms with Crippen molar-refractivity contribution in [2.45, 2.75) is 11.5 Å². The van der Waals surface area contributed by atoms with Crippen LogP contribution in [0.25, 0.3) is 0 Å². The van der Waals surface area contributed by atoms with Gasteiger partial charge in [0.25, 0.3) is 15.5 Å². The number of anilines is 2. The van der Waals surface area contributed by atoms with Crippen LogP contribution in [0, 0.1) is 0 Å². The second-order valence-electron chi connectivity index (χ2n) is 2.60. The van der Waals surface area contributed by atoms with Crippen LogP contribution in [0.5, 0.6) is 0 Å². The molecule has 0 saturated carbocycles. The number of nitrogens with two attached hydrogens (primary N) is 2. The van der Waals surface area contributed by atoms with E-state index in [1.54, 1.807) is 0 Å². The van der Waals surface area contributed by atoms with Gasteiger partial charge in [0.15, 0.2) is 5.03 Å². The Bertz CT molecular complexity index is 491. The maximum Gasteiger partial charge on any atom is 0.282 e. The van der Waals surface area contributed by atoms with Gasteiger partial charge in [0.2, 0.25) is 0 Å². The SMILES string of the molecule is Nc1cc(N)c(S(=O)(=O)Cl)nc1C(F)F. The van der Waals surface area contributed by atoms with Gasteiger partial charge in [-0.2, -0.15) is 0 Å². The first-order valence-electron chi connectivity index (χ1n) is 3.52. The number of alkyl halides is 2. The highest BCUT2D eigenvalue weighted by Crippen LogP contribution is 2.29. The largest absolute Gasteiger partial charge is 0.397 e. The molecule has 0 spiro atoms. The molecule has 0 bridgehead atoms. The minimum absolute atomic E-state index is 0.369. The zero-order chi connectivity index (χ0) is 11.8. The summed E-state index contributed by atoms with van der Waals surface area (Å²) in [6, 6.07) is 0.879. The number of nitrogens with zero attached hydrogens (tertiary/aromatic N) is 1. The summed E-state index contributed by atoms with van der Waals surface area (Å²) in [5, 5.41) is -0.811. The molecule has 0 aliphatic heterocycles. The van der Waals surface area contributed by atoms with Gasteiger partial charge in [-0.3, -0.25) is 0 Å². The van der Waals surface area contributed by atoms with Crippen molar-refractivity contribution in [3.8, 4) is 0 Å². The molecule has 0 aliphatic rings. The monoisotopic (exact) mass is 257 g/mol. The fraction of sp³-hybridized carbons (Fsp3) is 0.167. The van der Waals surface area contributed by atoms with Gasteiger partial charge in [-0.1, -0.05) is 0 Å². The van der Waals surface area contributed by atoms with Crippen LogP contribution in [-0.4, -0.2) is 13.4 Å². The van der Waals surface area contributed by atoms with Gasteiger partial charge in [-0.25, -0.2) is 22.2 Å². The van der Waals surface area contributed by atoms with Gasteiger partial charge in [0, 0.05) is 10.7 Å². The lowest BCUT2D eigenvalue weighted by molar-refractivity contribution is 0.146. The Kier molecular flexibility index (Phi) is 3.00. The first-order chi connectivity index (χ1) is 6.73. The van der Waals surface area contributed by atoms with Gasteiger partial charge in [-0.15, -0.1) is 0 Å². The first-order valence-corrected chi connectivity index (χ1v) is 5.83. The molecule has 4 N–H and O–H groups in total. The van der Waals surface area contributed by atoms with Crippen LogP contribution in [0.3, 0.4) is 0 Å². The third-order valence-corrected chi connectivity index (χ3v) is 2.74. The molecular formula is C6H6ClF2N3O2S. The van der Waals surface area contributed by atoms with E-state index in [2.05, 4.69) is 4.98 Å². The molecule has 0 radical (unpaired) electrons. The minimum Gasteiger partial charge on any atom is -0.397 e. The van der Waals surface area contributed by atoms with Crippen molar-refractivity contribution in [2.75, 3.05) is 11.5 Å². The summed E-state index contributed by atoms with van der Waals surface area (Å²) in [4.78, 5) is 3.12. The number of rotatable bonds is 2. The molecule has 1 aromatic heterocycles. The van der Waals surface area contributed by atoms with Crippen LogP contribution in [0.15, 0.2) is 11.1 Å². The molecular weight excluding hydrogens is 252 g/mol. The quantitative estimate of drug-likeness (QED) is 0.773. The summed E-state index contributed by atoms with van der Waals surface area (Å²) in [6.45, 7) is 0. The van der Waals surface area contributed by atoms with Gasteiger partial charge >= 0.3 is 0 Å². The Morgan fingerprint density at radius 3 is 2.27 bits per heavy atom. The molecule has 1 rings (SSSR count). The standard InChI is InChI=1S/C6H6ClF2N3O2S/c7-15(13,14)6-3(11)1-2(10)4(12-6)5(8)9/h1,5H,10-11H2. The summed E-state index contributed by atoms with van der Waals surface area (Å²) in [6.07, 6.45) is -3.00. The number of pyridine rings is 1. The maximum absolute atomic E-state index is 12.3. The molecule has 9 heteroatoms. The molecule has 0 unspecified atom stereocenters. The number of nitrogen functional groups attached to an aromatic ring is 2. The van der Waals surface area contributed by atoms with Gasteiger partial charge in [0.05, 0.1) is 11.4 Å². The van der Waals surface area contributed by atoms with Crippen molar-refractivity contribution in [1.82, 2.24) is 4.98 Å². The summed E-state index contributed by atoms with van der Waals surface area (Å²) in [7, 11) is 0.678. The van der Waals surface area contributed by atoms with Crippen LogP contribution in [0.1, 0.15) is 12.1 Å². The lowest BCUT2D eigenvalue weighted by atomic mass is 10.3. The normalized spacial score (nSPS) is 12.0. The molecule has 0 fully saturated rings. The lowest BCUT2D eigenvalue weighted by Crippen LogP contribution is -2.07. The van der Waals surface area contributed by atoms with E-state index >= 15 is 0 Å². The molecule has 0 amide bonds. The fourth-order valence-corrected chi connectivity index (χ4v) is 1.83. The lowest BCUT2D eigenvalue weighted by Gasteiger charge is -2.07. The van der Waals surface area contributed by atoms with Gasteiger partial charge in [0.1, 0.15) is 5.69 Å². The van der Waals surface area contributed by atoms with Gasteiger partial charge < -0.3 is 11.5 Å². The second-order valence-corrected chi connectivity index (χ2v) is 5.08. The van der Waals surface area contributed by atoms with E-state index in [0.717, 1.165) is 6.07 Å². The van der Waals surface area contributed by atoms with E-state index in [1.807, 2.05) is 0 Å². The Balaban J connectivity index is 3.50. The van der Waals surface area contributed by atoms with Crippen molar-refractivity contribution in [2.24, 2.45) is 0 Å². The van der Waals surface area contributed by atoms with Crippen molar-refractivity contribution in [3.05, 3.63) is 11.8 Å². The van der Waals surface area contributed by atoms with Crippen molar-refractivity contribution >= 4 is 31.1 Å². The molecule has 0 aromatic carbocycles. The zero-order valence-corrected chi connectivity index (χ0v) is 8.69. The number of aromatic nitrogens is 1. The summed E-state index contributed by atoms with van der Waals surface area (Å²) < 4.78 is 46.4. The van der Waals surface area contributed by atoms with E-state index in [0.29, 0.717) is 0 Å². The maximum atomic E-state index is 12.3. The number of hydrogen-bond acceptors (Lipinski definition) is 5. The Morgan fingerprint density at radius 1 is 1.33 bits per heavy atom. The third-order valence-electron chi connectivity index (χ3n) is 1.51. The minimum atomic E-state index is -4.26. The predicted molar refractivity (Wildman–Crippen MR) is 51.1 cm³/mol. The van der Waals surface area contributed by atoms with E-state index < -0.39 is 26.2 Å². The third kappa shape index (κ3) is 2.45. The van der Waals surface area contributed by atoms with Crippen LogP contribution in [-0.2, 0) is 9.05 Å². The van der Waals surface area contributed by atoms with E-state index in [1.165, 1.54) is 0 Å². The summed E-state index contributed by atoms with van der Waals surface area (Å²) >= 11 is 0. The summed E-state index contributed by atoms with van der Waals surface area (Å²) in [5.74, 6) is 0. The highest BCUT2D eigenvalue weighted by molar-refractivity contribution is 8.13. The van der Waals surface area contributed by atoms with Gasteiger partial charge in [-0.05, 0) is 6.07 Å².